The van der Waals surface area contributed by atoms with Crippen molar-refractivity contribution < 1.29 is 4.42 Å². The van der Waals surface area contributed by atoms with E-state index < -0.39 is 0 Å². The summed E-state index contributed by atoms with van der Waals surface area (Å²) >= 11 is 0. The number of fused-ring (bicyclic) bond motifs is 1. The maximum Gasteiger partial charge on any atom is 0.181 e. The second kappa shape index (κ2) is 3.80. The average molecular weight is 190 g/mol. The van der Waals surface area contributed by atoms with Gasteiger partial charge in [0.15, 0.2) is 12.0 Å². The Labute approximate surface area is 83.1 Å². The van der Waals surface area contributed by atoms with Crippen LogP contribution in [0.5, 0.6) is 0 Å². The lowest BCUT2D eigenvalue weighted by molar-refractivity contribution is 0.588. The van der Waals surface area contributed by atoms with Gasteiger partial charge in [0.2, 0.25) is 0 Å². The highest BCUT2D eigenvalue weighted by molar-refractivity contribution is 5.72. The largest absolute Gasteiger partial charge is 0.443 e. The second-order valence-corrected chi connectivity index (χ2v) is 3.69. The van der Waals surface area contributed by atoms with Crippen LogP contribution in [0.15, 0.2) is 29.0 Å². The molecule has 0 bridgehead atoms. The monoisotopic (exact) mass is 190 g/mol. The lowest BCUT2D eigenvalue weighted by atomic mass is 10.2. The number of nitrogens with zero attached hydrogens (tertiary/aromatic N) is 1. The molecule has 0 aliphatic carbocycles. The zero-order valence-corrected chi connectivity index (χ0v) is 8.45. The number of aromatic nitrogens is 1. The van der Waals surface area contributed by atoms with E-state index in [1.807, 2.05) is 12.1 Å². The van der Waals surface area contributed by atoms with E-state index in [4.69, 9.17) is 4.42 Å². The van der Waals surface area contributed by atoms with Gasteiger partial charge in [-0.2, -0.15) is 0 Å². The molecule has 0 radical (unpaired) electrons. The fourth-order valence-electron chi connectivity index (χ4n) is 1.34. The van der Waals surface area contributed by atoms with Crippen molar-refractivity contribution in [2.24, 2.45) is 0 Å². The maximum atomic E-state index is 5.17. The van der Waals surface area contributed by atoms with Gasteiger partial charge in [-0.25, -0.2) is 4.98 Å². The molecular formula is C11H14N2O. The predicted molar refractivity (Wildman–Crippen MR) is 56.0 cm³/mol. The van der Waals surface area contributed by atoms with Gasteiger partial charge in [0.05, 0.1) is 0 Å². The van der Waals surface area contributed by atoms with Crippen LogP contribution < -0.4 is 5.32 Å². The Hall–Kier alpha value is -1.35. The summed E-state index contributed by atoms with van der Waals surface area (Å²) in [6.07, 6.45) is 1.48. The minimum Gasteiger partial charge on any atom is -0.443 e. The van der Waals surface area contributed by atoms with Gasteiger partial charge in [-0.15, -0.1) is 0 Å². The standard InChI is InChI=1S/C11H14N2O/c1-8(2)12-6-9-3-4-11-10(5-9)13-7-14-11/h3-5,7-8,12H,6H2,1-2H3. The number of hydrogen-bond acceptors (Lipinski definition) is 3. The highest BCUT2D eigenvalue weighted by Crippen LogP contribution is 2.13. The first-order valence-corrected chi connectivity index (χ1v) is 4.81. The number of oxazole rings is 1. The van der Waals surface area contributed by atoms with E-state index in [0.717, 1.165) is 17.6 Å². The third-order valence-corrected chi connectivity index (χ3v) is 2.11. The SMILES string of the molecule is CC(C)NCc1ccc2ocnc2c1. The Morgan fingerprint density at radius 1 is 1.43 bits per heavy atom. The van der Waals surface area contributed by atoms with Crippen LogP contribution in [0.2, 0.25) is 0 Å². The summed E-state index contributed by atoms with van der Waals surface area (Å²) in [4.78, 5) is 4.11. The van der Waals surface area contributed by atoms with Crippen LogP contribution in [-0.2, 0) is 6.54 Å². The molecule has 0 aliphatic rings. The molecule has 0 spiro atoms. The quantitative estimate of drug-likeness (QED) is 0.807. The van der Waals surface area contributed by atoms with Crippen LogP contribution >= 0.6 is 0 Å². The Morgan fingerprint density at radius 3 is 3.07 bits per heavy atom. The van der Waals surface area contributed by atoms with Crippen LogP contribution in [0.25, 0.3) is 11.1 Å². The van der Waals surface area contributed by atoms with Gasteiger partial charge in [-0.05, 0) is 17.7 Å². The number of rotatable bonds is 3. The minimum absolute atomic E-state index is 0.503. The average Bonchev–Trinajstić information content (AvgIpc) is 2.61. The molecule has 0 amide bonds. The van der Waals surface area contributed by atoms with Crippen LogP contribution in [-0.4, -0.2) is 11.0 Å². The molecule has 1 N–H and O–H groups in total. The van der Waals surface area contributed by atoms with Gasteiger partial charge >= 0.3 is 0 Å². The van der Waals surface area contributed by atoms with Gasteiger partial charge in [0.1, 0.15) is 5.52 Å². The highest BCUT2D eigenvalue weighted by Gasteiger charge is 2.00. The lowest BCUT2D eigenvalue weighted by Crippen LogP contribution is -2.21. The molecule has 0 fully saturated rings. The molecule has 2 aromatic rings. The summed E-state index contributed by atoms with van der Waals surface area (Å²) in [7, 11) is 0. The van der Waals surface area contributed by atoms with Crippen LogP contribution in [0.4, 0.5) is 0 Å². The maximum absolute atomic E-state index is 5.17. The third-order valence-electron chi connectivity index (χ3n) is 2.11. The summed E-state index contributed by atoms with van der Waals surface area (Å²) in [6.45, 7) is 5.14. The smallest absolute Gasteiger partial charge is 0.181 e. The van der Waals surface area contributed by atoms with E-state index >= 15 is 0 Å². The van der Waals surface area contributed by atoms with E-state index in [-0.39, 0.29) is 0 Å². The summed E-state index contributed by atoms with van der Waals surface area (Å²) < 4.78 is 5.17. The van der Waals surface area contributed by atoms with Crippen molar-refractivity contribution in [3.63, 3.8) is 0 Å². The molecule has 14 heavy (non-hydrogen) atoms. The molecule has 0 unspecified atom stereocenters. The van der Waals surface area contributed by atoms with E-state index in [0.29, 0.717) is 6.04 Å². The third kappa shape index (κ3) is 1.93. The molecule has 74 valence electrons. The Morgan fingerprint density at radius 2 is 2.29 bits per heavy atom. The molecule has 0 saturated carbocycles. The molecule has 2 rings (SSSR count). The van der Waals surface area contributed by atoms with Crippen LogP contribution in [0.3, 0.4) is 0 Å². The van der Waals surface area contributed by atoms with Crippen molar-refractivity contribution in [1.82, 2.24) is 10.3 Å². The van der Waals surface area contributed by atoms with Gasteiger partial charge in [0, 0.05) is 12.6 Å². The predicted octanol–water partition coefficient (Wildman–Crippen LogP) is 2.33. The van der Waals surface area contributed by atoms with Crippen molar-refractivity contribution in [2.45, 2.75) is 26.4 Å². The van der Waals surface area contributed by atoms with Gasteiger partial charge in [0.25, 0.3) is 0 Å². The molecule has 0 aliphatic heterocycles. The first-order valence-electron chi connectivity index (χ1n) is 4.81. The van der Waals surface area contributed by atoms with Crippen molar-refractivity contribution in [3.8, 4) is 0 Å². The zero-order chi connectivity index (χ0) is 9.97. The second-order valence-electron chi connectivity index (χ2n) is 3.69. The van der Waals surface area contributed by atoms with Crippen molar-refractivity contribution in [1.29, 1.82) is 0 Å². The highest BCUT2D eigenvalue weighted by atomic mass is 16.3. The fourth-order valence-corrected chi connectivity index (χ4v) is 1.34. The van der Waals surface area contributed by atoms with Crippen LogP contribution in [0, 0.1) is 0 Å². The Balaban J connectivity index is 2.17. The normalized spacial score (nSPS) is 11.4. The molecule has 3 heteroatoms. The van der Waals surface area contributed by atoms with Crippen molar-refractivity contribution in [2.75, 3.05) is 0 Å². The van der Waals surface area contributed by atoms with Crippen molar-refractivity contribution in [3.05, 3.63) is 30.2 Å². The molecule has 1 heterocycles. The molecule has 3 nitrogen and oxygen atoms in total. The fraction of sp³-hybridized carbons (Fsp3) is 0.364. The molecule has 0 atom stereocenters. The van der Waals surface area contributed by atoms with E-state index in [1.165, 1.54) is 12.0 Å². The van der Waals surface area contributed by atoms with Crippen molar-refractivity contribution >= 4 is 11.1 Å². The van der Waals surface area contributed by atoms with E-state index in [9.17, 15) is 0 Å². The summed E-state index contributed by atoms with van der Waals surface area (Å²) in [5.41, 5.74) is 3.01. The van der Waals surface area contributed by atoms with Gasteiger partial charge in [-0.1, -0.05) is 19.9 Å². The summed E-state index contributed by atoms with van der Waals surface area (Å²) in [5, 5.41) is 3.36. The van der Waals surface area contributed by atoms with E-state index in [2.05, 4.69) is 30.2 Å². The topological polar surface area (TPSA) is 38.1 Å². The first-order chi connectivity index (χ1) is 6.75. The number of hydrogen-bond donors (Lipinski definition) is 1. The number of benzene rings is 1. The zero-order valence-electron chi connectivity index (χ0n) is 8.45. The van der Waals surface area contributed by atoms with E-state index in [1.54, 1.807) is 0 Å². The van der Waals surface area contributed by atoms with Crippen LogP contribution in [0.1, 0.15) is 19.4 Å². The molecule has 1 aromatic carbocycles. The minimum atomic E-state index is 0.503. The Bertz CT molecular complexity index is 420. The summed E-state index contributed by atoms with van der Waals surface area (Å²) in [5.74, 6) is 0. The summed E-state index contributed by atoms with van der Waals surface area (Å²) in [6, 6.07) is 6.57. The van der Waals surface area contributed by atoms with Gasteiger partial charge < -0.3 is 9.73 Å². The lowest BCUT2D eigenvalue weighted by Gasteiger charge is -2.07. The molecule has 0 saturated heterocycles. The van der Waals surface area contributed by atoms with Gasteiger partial charge in [-0.3, -0.25) is 0 Å². The number of nitrogens with one attached hydrogen (secondary N) is 1. The first kappa shape index (κ1) is 9.21. The molecule has 1 aromatic heterocycles. The Kier molecular flexibility index (Phi) is 2.50. The molecular weight excluding hydrogens is 176 g/mol.